The molecule has 0 unspecified atom stereocenters. The molecule has 24 heavy (non-hydrogen) atoms. The normalized spacial score (nSPS) is 10.7. The average Bonchev–Trinajstić information content (AvgIpc) is 2.78. The molecule has 0 aliphatic heterocycles. The van der Waals surface area contributed by atoms with Gasteiger partial charge >= 0.3 is 0 Å². The maximum Gasteiger partial charge on any atom is 0.0149 e. The van der Waals surface area contributed by atoms with Gasteiger partial charge in [0.05, 0.1) is 0 Å². The highest BCUT2D eigenvalue weighted by Crippen LogP contribution is 2.54. The Balaban J connectivity index is 0.00000208. The molecule has 1 heterocycles. The van der Waals surface area contributed by atoms with Gasteiger partial charge in [0.2, 0.25) is 0 Å². The zero-order valence-corrected chi connectivity index (χ0v) is 16.7. The molecule has 3 heteroatoms. The van der Waals surface area contributed by atoms with Gasteiger partial charge in [-0.3, -0.25) is 0 Å². The van der Waals surface area contributed by atoms with Crippen LogP contribution in [0.5, 0.6) is 0 Å². The van der Waals surface area contributed by atoms with Gasteiger partial charge in [0.1, 0.15) is 0 Å². The van der Waals surface area contributed by atoms with Crippen LogP contribution in [0.2, 0.25) is 0 Å². The molecule has 1 aromatic heterocycles. The molecular weight excluding hydrogens is 325 g/mol. The molecule has 3 rings (SSSR count). The van der Waals surface area contributed by atoms with Crippen LogP contribution in [0.1, 0.15) is 21.7 Å². The molecule has 0 aliphatic rings. The number of rotatable bonds is 4. The van der Waals surface area contributed by atoms with E-state index in [4.69, 9.17) is 0 Å². The first-order chi connectivity index (χ1) is 11.1. The zero-order valence-electron chi connectivity index (χ0n) is 15.0. The van der Waals surface area contributed by atoms with Crippen molar-refractivity contribution < 1.29 is 0 Å². The standard InChI is InChI=1S/C21H24P2.B/c1-16-17(2)19(4)22(18(16)3)15-23(20-11-7-5-8-12-20)21-13-9-6-10-14-21;/h5-14H,15H2,1-4H3;. The first-order valence-electron chi connectivity index (χ1n) is 8.10. The summed E-state index contributed by atoms with van der Waals surface area (Å²) in [5, 5.41) is 6.27. The molecule has 0 atom stereocenters. The van der Waals surface area contributed by atoms with Crippen LogP contribution in [0.3, 0.4) is 0 Å². The third kappa shape index (κ3) is 3.69. The smallest absolute Gasteiger partial charge is 0.0149 e. The topological polar surface area (TPSA) is 0 Å². The van der Waals surface area contributed by atoms with E-state index in [1.165, 1.54) is 27.6 Å². The van der Waals surface area contributed by atoms with E-state index < -0.39 is 0 Å². The van der Waals surface area contributed by atoms with Crippen molar-refractivity contribution in [2.24, 2.45) is 0 Å². The second kappa shape index (κ2) is 8.20. The lowest BCUT2D eigenvalue weighted by Crippen LogP contribution is -2.11. The third-order valence-corrected chi connectivity index (χ3v) is 11.3. The highest BCUT2D eigenvalue weighted by atomic mass is 31.2. The van der Waals surface area contributed by atoms with Crippen LogP contribution in [-0.2, 0) is 5.90 Å². The van der Waals surface area contributed by atoms with Gasteiger partial charge in [-0.05, 0) is 67.9 Å². The Morgan fingerprint density at radius 2 is 1.04 bits per heavy atom. The largest absolute Gasteiger partial charge is 0.113 e. The van der Waals surface area contributed by atoms with E-state index in [0.29, 0.717) is 0 Å². The van der Waals surface area contributed by atoms with Gasteiger partial charge in [-0.2, -0.15) is 0 Å². The van der Waals surface area contributed by atoms with Crippen molar-refractivity contribution >= 4 is 34.5 Å². The van der Waals surface area contributed by atoms with Crippen LogP contribution >= 0.6 is 15.5 Å². The molecule has 0 bridgehead atoms. The molecule has 0 saturated carbocycles. The van der Waals surface area contributed by atoms with Crippen LogP contribution in [0.4, 0.5) is 0 Å². The Kier molecular flexibility index (Phi) is 6.51. The fraction of sp³-hybridized carbons (Fsp3) is 0.238. The quantitative estimate of drug-likeness (QED) is 0.424. The van der Waals surface area contributed by atoms with Crippen molar-refractivity contribution in [3.63, 3.8) is 0 Å². The van der Waals surface area contributed by atoms with E-state index in [0.717, 1.165) is 0 Å². The summed E-state index contributed by atoms with van der Waals surface area (Å²) in [6.07, 6.45) is 0. The Bertz CT molecular complexity index is 727. The number of hydrogen-bond acceptors (Lipinski definition) is 0. The molecule has 0 amide bonds. The summed E-state index contributed by atoms with van der Waals surface area (Å²) in [5.74, 6) is 1.28. The van der Waals surface area contributed by atoms with Gasteiger partial charge < -0.3 is 0 Å². The van der Waals surface area contributed by atoms with Crippen LogP contribution < -0.4 is 10.6 Å². The zero-order chi connectivity index (χ0) is 16.4. The lowest BCUT2D eigenvalue weighted by molar-refractivity contribution is 1.32. The molecule has 0 N–H and O–H groups in total. The highest BCUT2D eigenvalue weighted by molar-refractivity contribution is 7.80. The van der Waals surface area contributed by atoms with Crippen molar-refractivity contribution in [3.8, 4) is 0 Å². The van der Waals surface area contributed by atoms with Gasteiger partial charge in [-0.15, -0.1) is 7.53 Å². The molecule has 0 spiro atoms. The number of benzene rings is 2. The van der Waals surface area contributed by atoms with Crippen LogP contribution in [-0.4, -0.2) is 8.41 Å². The Labute approximate surface area is 150 Å². The Morgan fingerprint density at radius 1 is 0.667 bits per heavy atom. The molecule has 0 aliphatic carbocycles. The Hall–Kier alpha value is -1.29. The summed E-state index contributed by atoms with van der Waals surface area (Å²) in [4.78, 5) is 0. The lowest BCUT2D eigenvalue weighted by Gasteiger charge is -2.20. The summed E-state index contributed by atoms with van der Waals surface area (Å²) < 4.78 is 0. The molecule has 2 aromatic carbocycles. The molecule has 3 radical (unpaired) electrons. The molecule has 0 nitrogen and oxygen atoms in total. The van der Waals surface area contributed by atoms with Crippen LogP contribution in [0, 0.1) is 27.7 Å². The minimum atomic E-state index is -0.293. The first-order valence-corrected chi connectivity index (χ1v) is 11.2. The summed E-state index contributed by atoms with van der Waals surface area (Å²) in [7, 11) is -0.438. The van der Waals surface area contributed by atoms with Gasteiger partial charge in [-0.1, -0.05) is 60.7 Å². The molecule has 3 aromatic rings. The van der Waals surface area contributed by atoms with Crippen molar-refractivity contribution in [2.45, 2.75) is 33.6 Å². The van der Waals surface area contributed by atoms with Gasteiger partial charge in [-0.25, -0.2) is 0 Å². The van der Waals surface area contributed by atoms with Crippen molar-refractivity contribution in [1.29, 1.82) is 0 Å². The minimum Gasteiger partial charge on any atom is -0.113 e. The lowest BCUT2D eigenvalue weighted by atomic mass is 10.2. The van der Waals surface area contributed by atoms with E-state index in [1.807, 2.05) is 0 Å². The monoisotopic (exact) mass is 349 g/mol. The molecule has 0 fully saturated rings. The van der Waals surface area contributed by atoms with E-state index in [1.54, 1.807) is 10.6 Å². The van der Waals surface area contributed by atoms with Crippen molar-refractivity contribution in [1.82, 2.24) is 0 Å². The Morgan fingerprint density at radius 3 is 1.42 bits per heavy atom. The summed E-state index contributed by atoms with van der Waals surface area (Å²) in [5.41, 5.74) is 3.06. The van der Waals surface area contributed by atoms with Gasteiger partial charge in [0.25, 0.3) is 0 Å². The minimum absolute atomic E-state index is 0. The average molecular weight is 349 g/mol. The predicted molar refractivity (Wildman–Crippen MR) is 113 cm³/mol. The van der Waals surface area contributed by atoms with Crippen LogP contribution in [0.25, 0.3) is 0 Å². The van der Waals surface area contributed by atoms with Crippen molar-refractivity contribution in [3.05, 3.63) is 82.4 Å². The van der Waals surface area contributed by atoms with E-state index in [-0.39, 0.29) is 23.9 Å². The molecule has 121 valence electrons. The second-order valence-electron chi connectivity index (χ2n) is 6.09. The predicted octanol–water partition coefficient (Wildman–Crippen LogP) is 5.62. The van der Waals surface area contributed by atoms with Crippen molar-refractivity contribution in [2.75, 3.05) is 0 Å². The second-order valence-corrected chi connectivity index (χ2v) is 11.3. The third-order valence-electron chi connectivity index (χ3n) is 4.88. The van der Waals surface area contributed by atoms with E-state index in [9.17, 15) is 0 Å². The van der Waals surface area contributed by atoms with E-state index in [2.05, 4.69) is 88.4 Å². The van der Waals surface area contributed by atoms with Gasteiger partial charge in [0.15, 0.2) is 0 Å². The maximum absolute atomic E-state index is 2.35. The fourth-order valence-electron chi connectivity index (χ4n) is 3.08. The van der Waals surface area contributed by atoms with Gasteiger partial charge in [0, 0.05) is 14.3 Å². The SMILES string of the molecule is Cc1c(C)c(C)p(CP(c2ccccc2)c2ccccc2)c1C.[B]. The maximum atomic E-state index is 2.35. The fourth-order valence-corrected chi connectivity index (χ4v) is 10.2. The van der Waals surface area contributed by atoms with Crippen LogP contribution in [0.15, 0.2) is 60.7 Å². The molecular formula is C21H24BP2. The highest BCUT2D eigenvalue weighted by Gasteiger charge is 2.19. The summed E-state index contributed by atoms with van der Waals surface area (Å²) in [6, 6.07) is 22.2. The van der Waals surface area contributed by atoms with E-state index >= 15 is 0 Å². The summed E-state index contributed by atoms with van der Waals surface area (Å²) in [6.45, 7) is 9.29. The molecule has 0 saturated heterocycles. The number of hydrogen-bond donors (Lipinski definition) is 0. The first kappa shape index (κ1) is 19.0. The summed E-state index contributed by atoms with van der Waals surface area (Å²) >= 11 is 0.